The Kier molecular flexibility index (Phi) is 3.24. The summed E-state index contributed by atoms with van der Waals surface area (Å²) in [4.78, 5) is 12.3. The first-order chi connectivity index (χ1) is 5.94. The lowest BCUT2D eigenvalue weighted by molar-refractivity contribution is -0.145. The van der Waals surface area contributed by atoms with Crippen LogP contribution in [-0.2, 0) is 4.79 Å². The van der Waals surface area contributed by atoms with E-state index >= 15 is 0 Å². The summed E-state index contributed by atoms with van der Waals surface area (Å²) < 4.78 is 26.2. The number of carbonyl (C=O) groups is 1. The van der Waals surface area contributed by atoms with E-state index in [1.807, 2.05) is 0 Å². The lowest BCUT2D eigenvalue weighted by Crippen LogP contribution is -2.44. The SMILES string of the molecule is CN1CCCC(C(F)(F)C(=O)Cl)C1. The number of carbonyl (C=O) groups excluding carboxylic acids is 1. The first-order valence-electron chi connectivity index (χ1n) is 4.21. The second-order valence-electron chi connectivity index (χ2n) is 3.50. The van der Waals surface area contributed by atoms with Crippen LogP contribution >= 0.6 is 11.6 Å². The second kappa shape index (κ2) is 3.88. The summed E-state index contributed by atoms with van der Waals surface area (Å²) >= 11 is 4.84. The molecule has 1 unspecified atom stereocenters. The van der Waals surface area contributed by atoms with Crippen LogP contribution in [0.5, 0.6) is 0 Å². The predicted molar refractivity (Wildman–Crippen MR) is 46.0 cm³/mol. The number of halogens is 3. The molecule has 5 heteroatoms. The fourth-order valence-corrected chi connectivity index (χ4v) is 1.78. The van der Waals surface area contributed by atoms with Gasteiger partial charge < -0.3 is 4.90 Å². The van der Waals surface area contributed by atoms with Crippen LogP contribution in [0.2, 0.25) is 0 Å². The van der Waals surface area contributed by atoms with Crippen molar-refractivity contribution in [2.75, 3.05) is 20.1 Å². The fourth-order valence-electron chi connectivity index (χ4n) is 1.62. The van der Waals surface area contributed by atoms with Crippen LogP contribution in [0, 0.1) is 5.92 Å². The van der Waals surface area contributed by atoms with E-state index in [-0.39, 0.29) is 6.54 Å². The van der Waals surface area contributed by atoms with Crippen LogP contribution < -0.4 is 0 Å². The number of alkyl halides is 2. The number of hydrogen-bond donors (Lipinski definition) is 0. The molecule has 0 amide bonds. The largest absolute Gasteiger partial charge is 0.324 e. The van der Waals surface area contributed by atoms with Crippen molar-refractivity contribution >= 4 is 16.8 Å². The van der Waals surface area contributed by atoms with Crippen molar-refractivity contribution in [1.82, 2.24) is 4.90 Å². The van der Waals surface area contributed by atoms with Gasteiger partial charge in [-0.2, -0.15) is 8.78 Å². The van der Waals surface area contributed by atoms with E-state index in [2.05, 4.69) is 0 Å². The summed E-state index contributed by atoms with van der Waals surface area (Å²) in [7, 11) is 1.76. The number of hydrogen-bond acceptors (Lipinski definition) is 2. The summed E-state index contributed by atoms with van der Waals surface area (Å²) in [6.07, 6.45) is 1.07. The van der Waals surface area contributed by atoms with Gasteiger partial charge in [0.2, 0.25) is 0 Å². The van der Waals surface area contributed by atoms with Gasteiger partial charge in [-0.15, -0.1) is 0 Å². The molecule has 1 rings (SSSR count). The van der Waals surface area contributed by atoms with Gasteiger partial charge in [0.05, 0.1) is 0 Å². The van der Waals surface area contributed by atoms with Gasteiger partial charge in [-0.3, -0.25) is 4.79 Å². The molecular formula is C8H12ClF2NO. The molecule has 0 aliphatic carbocycles. The molecule has 1 heterocycles. The van der Waals surface area contributed by atoms with Crippen molar-refractivity contribution < 1.29 is 13.6 Å². The lowest BCUT2D eigenvalue weighted by atomic mass is 9.92. The maximum atomic E-state index is 13.1. The van der Waals surface area contributed by atoms with Crippen LogP contribution in [-0.4, -0.2) is 36.2 Å². The highest BCUT2D eigenvalue weighted by molar-refractivity contribution is 6.65. The molecule has 1 saturated heterocycles. The molecule has 13 heavy (non-hydrogen) atoms. The molecular weight excluding hydrogens is 200 g/mol. The molecule has 0 spiro atoms. The van der Waals surface area contributed by atoms with Crippen LogP contribution in [0.4, 0.5) is 8.78 Å². The van der Waals surface area contributed by atoms with E-state index in [0.717, 1.165) is 6.54 Å². The Morgan fingerprint density at radius 2 is 2.23 bits per heavy atom. The van der Waals surface area contributed by atoms with E-state index in [4.69, 9.17) is 11.6 Å². The first kappa shape index (κ1) is 10.9. The number of rotatable bonds is 2. The summed E-state index contributed by atoms with van der Waals surface area (Å²) in [5, 5.41) is -1.53. The van der Waals surface area contributed by atoms with Crippen molar-refractivity contribution in [2.45, 2.75) is 18.8 Å². The van der Waals surface area contributed by atoms with Crippen LogP contribution in [0.3, 0.4) is 0 Å². The van der Waals surface area contributed by atoms with E-state index < -0.39 is 17.1 Å². The standard InChI is InChI=1S/C8H12ClF2NO/c1-12-4-2-3-6(5-12)8(10,11)7(9)13/h6H,2-5H2,1H3. The van der Waals surface area contributed by atoms with Gasteiger partial charge in [-0.25, -0.2) is 0 Å². The molecule has 0 saturated carbocycles. The molecule has 1 aliphatic heterocycles. The average Bonchev–Trinajstić information content (AvgIpc) is 2.04. The van der Waals surface area contributed by atoms with E-state index in [0.29, 0.717) is 12.8 Å². The summed E-state index contributed by atoms with van der Waals surface area (Å²) in [6, 6.07) is 0. The minimum atomic E-state index is -3.36. The minimum absolute atomic E-state index is 0.242. The lowest BCUT2D eigenvalue weighted by Gasteiger charge is -2.32. The number of nitrogens with zero attached hydrogens (tertiary/aromatic N) is 1. The summed E-state index contributed by atoms with van der Waals surface area (Å²) in [5.74, 6) is -4.28. The molecule has 0 N–H and O–H groups in total. The Labute approximate surface area is 80.8 Å². The van der Waals surface area contributed by atoms with Crippen molar-refractivity contribution in [3.63, 3.8) is 0 Å². The van der Waals surface area contributed by atoms with Gasteiger partial charge >= 0.3 is 5.92 Å². The highest BCUT2D eigenvalue weighted by Crippen LogP contribution is 2.33. The van der Waals surface area contributed by atoms with Gasteiger partial charge in [-0.1, -0.05) is 0 Å². The van der Waals surface area contributed by atoms with Gasteiger partial charge in [0.1, 0.15) is 0 Å². The molecule has 1 atom stereocenters. The zero-order valence-corrected chi connectivity index (χ0v) is 8.15. The molecule has 2 nitrogen and oxygen atoms in total. The maximum absolute atomic E-state index is 13.1. The predicted octanol–water partition coefficient (Wildman–Crippen LogP) is 1.73. The highest BCUT2D eigenvalue weighted by atomic mass is 35.5. The zero-order valence-electron chi connectivity index (χ0n) is 7.40. The van der Waals surface area contributed by atoms with Gasteiger partial charge in [0.25, 0.3) is 5.24 Å². The van der Waals surface area contributed by atoms with E-state index in [1.54, 1.807) is 11.9 Å². The third-order valence-electron chi connectivity index (χ3n) is 2.40. The van der Waals surface area contributed by atoms with Gasteiger partial charge in [0, 0.05) is 12.5 Å². The molecule has 1 aliphatic rings. The fraction of sp³-hybridized carbons (Fsp3) is 0.875. The molecule has 1 fully saturated rings. The normalized spacial score (nSPS) is 26.0. The minimum Gasteiger partial charge on any atom is -0.306 e. The van der Waals surface area contributed by atoms with Crippen molar-refractivity contribution in [1.29, 1.82) is 0 Å². The smallest absolute Gasteiger partial charge is 0.306 e. The molecule has 0 radical (unpaired) electrons. The van der Waals surface area contributed by atoms with Crippen molar-refractivity contribution in [2.24, 2.45) is 5.92 Å². The Morgan fingerprint density at radius 1 is 1.62 bits per heavy atom. The Hall–Kier alpha value is -0.220. The van der Waals surface area contributed by atoms with Crippen molar-refractivity contribution in [3.05, 3.63) is 0 Å². The Morgan fingerprint density at radius 3 is 2.69 bits per heavy atom. The third kappa shape index (κ3) is 2.38. The molecule has 0 bridgehead atoms. The Bertz CT molecular complexity index is 210. The number of piperidine rings is 1. The van der Waals surface area contributed by atoms with Crippen LogP contribution in [0.25, 0.3) is 0 Å². The quantitative estimate of drug-likeness (QED) is 0.649. The van der Waals surface area contributed by atoms with E-state index in [9.17, 15) is 13.6 Å². The van der Waals surface area contributed by atoms with E-state index in [1.165, 1.54) is 0 Å². The van der Waals surface area contributed by atoms with Crippen LogP contribution in [0.15, 0.2) is 0 Å². The second-order valence-corrected chi connectivity index (χ2v) is 3.84. The first-order valence-corrected chi connectivity index (χ1v) is 4.58. The van der Waals surface area contributed by atoms with Gasteiger partial charge in [-0.05, 0) is 38.0 Å². The molecule has 76 valence electrons. The third-order valence-corrected chi connectivity index (χ3v) is 2.65. The van der Waals surface area contributed by atoms with Crippen LogP contribution in [0.1, 0.15) is 12.8 Å². The zero-order chi connectivity index (χ0) is 10.1. The maximum Gasteiger partial charge on any atom is 0.324 e. The average molecular weight is 212 g/mol. The Balaban J connectivity index is 2.64. The molecule has 0 aromatic carbocycles. The summed E-state index contributed by atoms with van der Waals surface area (Å²) in [5.41, 5.74) is 0. The number of likely N-dealkylation sites (tertiary alicyclic amines) is 1. The molecule has 0 aromatic rings. The summed E-state index contributed by atoms with van der Waals surface area (Å²) in [6.45, 7) is 1.05. The topological polar surface area (TPSA) is 20.3 Å². The monoisotopic (exact) mass is 211 g/mol. The molecule has 0 aromatic heterocycles. The van der Waals surface area contributed by atoms with Crippen molar-refractivity contribution in [3.8, 4) is 0 Å². The highest BCUT2D eigenvalue weighted by Gasteiger charge is 2.46. The van der Waals surface area contributed by atoms with Gasteiger partial charge in [0.15, 0.2) is 0 Å².